The Morgan fingerprint density at radius 3 is 2.21 bits per heavy atom. The van der Waals surface area contributed by atoms with Crippen LogP contribution in [0.1, 0.15) is 80.6 Å². The van der Waals surface area contributed by atoms with Crippen LogP contribution in [0.4, 0.5) is 0 Å². The van der Waals surface area contributed by atoms with E-state index in [9.17, 15) is 0 Å². The van der Waals surface area contributed by atoms with E-state index in [0.717, 1.165) is 28.9 Å². The van der Waals surface area contributed by atoms with Gasteiger partial charge in [-0.25, -0.2) is 0 Å². The Balaban J connectivity index is 1.86. The van der Waals surface area contributed by atoms with Gasteiger partial charge in [-0.2, -0.15) is 0 Å². The summed E-state index contributed by atoms with van der Waals surface area (Å²) in [5.41, 5.74) is 0.288. The molecule has 0 radical (unpaired) electrons. The average Bonchev–Trinajstić information content (AvgIpc) is 2.82. The number of hydrogen-bond acceptors (Lipinski definition) is 5. The third kappa shape index (κ3) is 5.27. The number of benzene rings is 1. The zero-order valence-corrected chi connectivity index (χ0v) is 19.4. The Morgan fingerprint density at radius 2 is 1.64 bits per heavy atom. The maximum Gasteiger partial charge on any atom is 0.498 e. The molecule has 1 saturated heterocycles. The summed E-state index contributed by atoms with van der Waals surface area (Å²) < 4.78 is 22.6. The lowest BCUT2D eigenvalue weighted by molar-refractivity contribution is 0.00578. The molecule has 0 atom stereocenters. The molecule has 2 fully saturated rings. The van der Waals surface area contributed by atoms with Crippen LogP contribution in [0.3, 0.4) is 0 Å². The van der Waals surface area contributed by atoms with Gasteiger partial charge < -0.3 is 14.0 Å². The van der Waals surface area contributed by atoms with E-state index >= 15 is 0 Å². The van der Waals surface area contributed by atoms with Crippen LogP contribution in [0.25, 0.3) is 0 Å². The first kappa shape index (κ1) is 22.0. The molecule has 1 heterocycles. The Bertz CT molecular complexity index is 665. The molecule has 0 bridgehead atoms. The number of ether oxygens (including phenoxy) is 1. The Hall–Kier alpha value is -0.685. The first-order valence-electron chi connectivity index (χ1n) is 10.6. The van der Waals surface area contributed by atoms with Crippen LogP contribution in [0.15, 0.2) is 23.1 Å². The van der Waals surface area contributed by atoms with Crippen LogP contribution >= 0.6 is 11.9 Å². The molecule has 0 aromatic heterocycles. The molecular weight excluding hydrogens is 369 g/mol. The molecule has 156 valence electrons. The maximum absolute atomic E-state index is 6.45. The van der Waals surface area contributed by atoms with Gasteiger partial charge in [0.05, 0.1) is 17.3 Å². The van der Waals surface area contributed by atoms with Crippen LogP contribution in [-0.4, -0.2) is 30.0 Å². The van der Waals surface area contributed by atoms with Crippen molar-refractivity contribution in [1.29, 1.82) is 0 Å². The van der Waals surface area contributed by atoms with Gasteiger partial charge in [-0.15, -0.1) is 0 Å². The summed E-state index contributed by atoms with van der Waals surface area (Å²) in [6, 6.07) is 6.36. The van der Waals surface area contributed by atoms with Gasteiger partial charge in [0.15, 0.2) is 0 Å². The molecule has 1 aliphatic heterocycles. The van der Waals surface area contributed by atoms with Gasteiger partial charge in [-0.05, 0) is 104 Å². The van der Waals surface area contributed by atoms with Crippen molar-refractivity contribution in [2.24, 2.45) is 0 Å². The molecule has 6 heteroatoms. The lowest BCUT2D eigenvalue weighted by Crippen LogP contribution is -2.41. The third-order valence-corrected chi connectivity index (χ3v) is 7.01. The van der Waals surface area contributed by atoms with E-state index < -0.39 is 7.12 Å². The van der Waals surface area contributed by atoms with Crippen molar-refractivity contribution in [3.63, 3.8) is 0 Å². The highest BCUT2D eigenvalue weighted by atomic mass is 32.2. The lowest BCUT2D eigenvalue weighted by atomic mass is 9.78. The van der Waals surface area contributed by atoms with Gasteiger partial charge in [-0.1, -0.05) is 6.42 Å². The third-order valence-electron chi connectivity index (χ3n) is 5.81. The maximum atomic E-state index is 6.45. The predicted molar refractivity (Wildman–Crippen MR) is 118 cm³/mol. The molecule has 2 aliphatic rings. The number of nitrogens with one attached hydrogen (secondary N) is 1. The van der Waals surface area contributed by atoms with Crippen molar-refractivity contribution < 1.29 is 14.0 Å². The largest absolute Gasteiger partial charge is 0.498 e. The van der Waals surface area contributed by atoms with Crippen LogP contribution in [-0.2, 0) is 9.31 Å². The van der Waals surface area contributed by atoms with Gasteiger partial charge >= 0.3 is 7.12 Å². The van der Waals surface area contributed by atoms with Gasteiger partial charge in [-0.3, -0.25) is 4.72 Å². The SMILES string of the molecule is CC(C)(C)NSc1ccc(OC2CCCCC2)c(B2OC(C)(C)C(C)(C)O2)c1. The van der Waals surface area contributed by atoms with Gasteiger partial charge in [0, 0.05) is 15.9 Å². The minimum absolute atomic E-state index is 0.0342. The first-order valence-corrected chi connectivity index (χ1v) is 11.4. The van der Waals surface area contributed by atoms with Crippen molar-refractivity contribution in [1.82, 2.24) is 4.72 Å². The first-order chi connectivity index (χ1) is 13.0. The van der Waals surface area contributed by atoms with Crippen LogP contribution in [0.2, 0.25) is 0 Å². The van der Waals surface area contributed by atoms with Gasteiger partial charge in [0.2, 0.25) is 0 Å². The van der Waals surface area contributed by atoms with Crippen LogP contribution in [0.5, 0.6) is 5.75 Å². The highest BCUT2D eigenvalue weighted by molar-refractivity contribution is 7.97. The number of hydrogen-bond donors (Lipinski definition) is 1. The van der Waals surface area contributed by atoms with E-state index in [4.69, 9.17) is 14.0 Å². The molecular formula is C22H36BNO3S. The van der Waals surface area contributed by atoms with Crippen molar-refractivity contribution >= 4 is 24.5 Å². The van der Waals surface area contributed by atoms with E-state index in [-0.39, 0.29) is 16.7 Å². The quantitative estimate of drug-likeness (QED) is 0.546. The zero-order valence-electron chi connectivity index (χ0n) is 18.6. The molecule has 0 amide bonds. The summed E-state index contributed by atoms with van der Waals surface area (Å²) in [5.74, 6) is 0.894. The Morgan fingerprint density at radius 1 is 1.04 bits per heavy atom. The second-order valence-electron chi connectivity index (χ2n) is 10.1. The van der Waals surface area contributed by atoms with Crippen molar-refractivity contribution in [2.45, 2.75) is 108 Å². The molecule has 0 spiro atoms. The van der Waals surface area contributed by atoms with E-state index in [1.54, 1.807) is 11.9 Å². The molecule has 0 unspecified atom stereocenters. The molecule has 3 rings (SSSR count). The fourth-order valence-corrected chi connectivity index (χ4v) is 4.17. The molecule has 1 aromatic rings. The highest BCUT2D eigenvalue weighted by Crippen LogP contribution is 2.38. The van der Waals surface area contributed by atoms with E-state index in [1.165, 1.54) is 19.3 Å². The van der Waals surface area contributed by atoms with Crippen molar-refractivity contribution in [3.8, 4) is 5.75 Å². The molecule has 1 aromatic carbocycles. The summed E-state index contributed by atoms with van der Waals surface area (Å²) in [4.78, 5) is 1.13. The number of rotatable bonds is 5. The monoisotopic (exact) mass is 405 g/mol. The Kier molecular flexibility index (Phi) is 6.46. The molecule has 4 nitrogen and oxygen atoms in total. The van der Waals surface area contributed by atoms with Crippen molar-refractivity contribution in [3.05, 3.63) is 18.2 Å². The van der Waals surface area contributed by atoms with Gasteiger partial charge in [0.1, 0.15) is 5.75 Å². The fraction of sp³-hybridized carbons (Fsp3) is 0.727. The standard InChI is InChI=1S/C22H36BNO3S/c1-20(2,3)24-28-17-13-14-19(25-16-11-9-8-10-12-16)18(15-17)23-26-21(4,5)22(6,7)27-23/h13-16,24H,8-12H2,1-7H3. The molecule has 28 heavy (non-hydrogen) atoms. The predicted octanol–water partition coefficient (Wildman–Crippen LogP) is 5.09. The zero-order chi connectivity index (χ0) is 20.6. The second kappa shape index (κ2) is 8.21. The van der Waals surface area contributed by atoms with E-state index in [0.29, 0.717) is 6.10 Å². The minimum Gasteiger partial charge on any atom is -0.491 e. The average molecular weight is 405 g/mol. The second-order valence-corrected chi connectivity index (χ2v) is 11.0. The minimum atomic E-state index is -0.418. The Labute approximate surface area is 175 Å². The van der Waals surface area contributed by atoms with Gasteiger partial charge in [0.25, 0.3) is 0 Å². The van der Waals surface area contributed by atoms with Crippen LogP contribution < -0.4 is 14.9 Å². The lowest BCUT2D eigenvalue weighted by Gasteiger charge is -2.32. The molecule has 1 N–H and O–H groups in total. The topological polar surface area (TPSA) is 39.7 Å². The summed E-state index contributed by atoms with van der Waals surface area (Å²) in [6.07, 6.45) is 6.37. The van der Waals surface area contributed by atoms with E-state index in [2.05, 4.69) is 71.4 Å². The summed E-state index contributed by atoms with van der Waals surface area (Å²) in [6.45, 7) is 14.9. The molecule has 1 aliphatic carbocycles. The van der Waals surface area contributed by atoms with Crippen LogP contribution in [0, 0.1) is 0 Å². The summed E-state index contributed by atoms with van der Waals surface area (Å²) in [5, 5.41) is 0. The smallest absolute Gasteiger partial charge is 0.491 e. The summed E-state index contributed by atoms with van der Waals surface area (Å²) >= 11 is 1.64. The molecule has 1 saturated carbocycles. The highest BCUT2D eigenvalue weighted by Gasteiger charge is 2.52. The van der Waals surface area contributed by atoms with Crippen molar-refractivity contribution in [2.75, 3.05) is 0 Å². The summed E-state index contributed by atoms with van der Waals surface area (Å²) in [7, 11) is -0.418. The van der Waals surface area contributed by atoms with E-state index in [1.807, 2.05) is 0 Å². The normalized spacial score (nSPS) is 22.5. The fourth-order valence-electron chi connectivity index (χ4n) is 3.43.